The molecule has 0 aliphatic rings. The zero-order valence-corrected chi connectivity index (χ0v) is 5.00. The summed E-state index contributed by atoms with van der Waals surface area (Å²) in [6.45, 7) is 2.35. The first-order valence-corrected chi connectivity index (χ1v) is 2.71. The number of nitroso groups, excluding NO2 is 1. The minimum atomic E-state index is 0.148. The molecule has 0 radical (unpaired) electrons. The second-order valence-corrected chi connectivity index (χ2v) is 1.93. The molecule has 1 N–H and O–H groups in total. The lowest BCUT2D eigenvalue weighted by atomic mass is 10.1. The molecule has 1 unspecified atom stereocenters. The molecule has 0 spiro atoms. The Hall–Kier alpha value is -0.440. The highest BCUT2D eigenvalue weighted by Gasteiger charge is 1.96. The highest BCUT2D eigenvalue weighted by Crippen LogP contribution is 1.98. The summed E-state index contributed by atoms with van der Waals surface area (Å²) in [7, 11) is 0. The largest absolute Gasteiger partial charge is 0.396 e. The van der Waals surface area contributed by atoms with Crippen LogP contribution in [0.4, 0.5) is 0 Å². The van der Waals surface area contributed by atoms with Gasteiger partial charge in [-0.1, -0.05) is 12.1 Å². The van der Waals surface area contributed by atoms with Crippen molar-refractivity contribution in [2.24, 2.45) is 11.1 Å². The first-order valence-electron chi connectivity index (χ1n) is 2.71. The molecule has 0 aromatic rings. The lowest BCUT2D eigenvalue weighted by Crippen LogP contribution is -2.01. The lowest BCUT2D eigenvalue weighted by molar-refractivity contribution is 0.232. The van der Waals surface area contributed by atoms with Crippen LogP contribution in [0.15, 0.2) is 5.18 Å². The number of rotatable bonds is 4. The maximum atomic E-state index is 9.49. The summed E-state index contributed by atoms with van der Waals surface area (Å²) in [4.78, 5) is 9.49. The number of nitrogens with zero attached hydrogens (tertiary/aromatic N) is 1. The summed E-state index contributed by atoms with van der Waals surface area (Å²) in [5.41, 5.74) is 0. The summed E-state index contributed by atoms with van der Waals surface area (Å²) in [6.07, 6.45) is 0.694. The van der Waals surface area contributed by atoms with Crippen molar-refractivity contribution in [2.75, 3.05) is 13.2 Å². The van der Waals surface area contributed by atoms with Crippen molar-refractivity contribution in [3.05, 3.63) is 4.91 Å². The standard InChI is InChI=1S/C5H11NO2/c1-5(4-7)2-3-6-8/h5,7H,2-4H2,1H3. The Bertz CT molecular complexity index is 65.4. The number of hydrogen-bond acceptors (Lipinski definition) is 3. The molecule has 0 rings (SSSR count). The molecule has 8 heavy (non-hydrogen) atoms. The van der Waals surface area contributed by atoms with Crippen LogP contribution < -0.4 is 0 Å². The van der Waals surface area contributed by atoms with Gasteiger partial charge >= 0.3 is 0 Å². The van der Waals surface area contributed by atoms with Crippen LogP contribution in [0.3, 0.4) is 0 Å². The SMILES string of the molecule is CC(CO)CCN=O. The van der Waals surface area contributed by atoms with Crippen LogP contribution in [0.5, 0.6) is 0 Å². The van der Waals surface area contributed by atoms with Gasteiger partial charge in [-0.25, -0.2) is 0 Å². The first-order chi connectivity index (χ1) is 3.81. The van der Waals surface area contributed by atoms with Gasteiger partial charge in [0.2, 0.25) is 0 Å². The van der Waals surface area contributed by atoms with Gasteiger partial charge in [-0.05, 0) is 12.3 Å². The number of aliphatic hydroxyl groups excluding tert-OH is 1. The Morgan fingerprint density at radius 1 is 1.75 bits per heavy atom. The van der Waals surface area contributed by atoms with Crippen molar-refractivity contribution in [1.29, 1.82) is 0 Å². The monoisotopic (exact) mass is 117 g/mol. The van der Waals surface area contributed by atoms with Crippen LogP contribution in [0.2, 0.25) is 0 Å². The van der Waals surface area contributed by atoms with Gasteiger partial charge in [-0.2, -0.15) is 4.91 Å². The van der Waals surface area contributed by atoms with Crippen molar-refractivity contribution in [2.45, 2.75) is 13.3 Å². The van der Waals surface area contributed by atoms with E-state index in [0.717, 1.165) is 0 Å². The summed E-state index contributed by atoms with van der Waals surface area (Å²) in [6, 6.07) is 0. The normalized spacial score (nSPS) is 13.2. The van der Waals surface area contributed by atoms with Crippen LogP contribution in [-0.4, -0.2) is 18.3 Å². The fraction of sp³-hybridized carbons (Fsp3) is 1.00. The molecule has 0 saturated heterocycles. The van der Waals surface area contributed by atoms with Crippen LogP contribution >= 0.6 is 0 Å². The average Bonchev–Trinajstić information content (AvgIpc) is 1.83. The van der Waals surface area contributed by atoms with E-state index in [2.05, 4.69) is 5.18 Å². The summed E-state index contributed by atoms with van der Waals surface area (Å²) < 4.78 is 0. The highest BCUT2D eigenvalue weighted by atomic mass is 16.3. The summed E-state index contributed by atoms with van der Waals surface area (Å²) >= 11 is 0. The lowest BCUT2D eigenvalue weighted by Gasteiger charge is -2.00. The second kappa shape index (κ2) is 4.71. The Labute approximate surface area is 48.7 Å². The minimum Gasteiger partial charge on any atom is -0.396 e. The molecule has 0 bridgehead atoms. The van der Waals surface area contributed by atoms with Gasteiger partial charge in [0.25, 0.3) is 0 Å². The molecule has 3 nitrogen and oxygen atoms in total. The fourth-order valence-corrected chi connectivity index (χ4v) is 0.364. The topological polar surface area (TPSA) is 49.7 Å². The third-order valence-corrected chi connectivity index (χ3v) is 1.02. The van der Waals surface area contributed by atoms with Crippen molar-refractivity contribution in [3.8, 4) is 0 Å². The van der Waals surface area contributed by atoms with Gasteiger partial charge in [0, 0.05) is 6.61 Å². The van der Waals surface area contributed by atoms with E-state index in [4.69, 9.17) is 5.11 Å². The van der Waals surface area contributed by atoms with Gasteiger partial charge in [-0.3, -0.25) is 0 Å². The summed E-state index contributed by atoms with van der Waals surface area (Å²) in [5.74, 6) is 0.215. The third kappa shape index (κ3) is 3.74. The molecule has 0 aliphatic heterocycles. The molecular formula is C5H11NO2. The zero-order chi connectivity index (χ0) is 6.41. The van der Waals surface area contributed by atoms with Crippen LogP contribution in [0.25, 0.3) is 0 Å². The van der Waals surface area contributed by atoms with E-state index in [1.807, 2.05) is 6.92 Å². The second-order valence-electron chi connectivity index (χ2n) is 1.93. The predicted octanol–water partition coefficient (Wildman–Crippen LogP) is 0.771. The molecule has 0 heterocycles. The molecule has 0 fully saturated rings. The van der Waals surface area contributed by atoms with E-state index >= 15 is 0 Å². The maximum absolute atomic E-state index is 9.49. The quantitative estimate of drug-likeness (QED) is 0.553. The van der Waals surface area contributed by atoms with Crippen LogP contribution in [0.1, 0.15) is 13.3 Å². The Balaban J connectivity index is 2.97. The molecule has 0 amide bonds. The van der Waals surface area contributed by atoms with Gasteiger partial charge in [-0.15, -0.1) is 0 Å². The smallest absolute Gasteiger partial charge is 0.0814 e. The van der Waals surface area contributed by atoms with E-state index in [1.165, 1.54) is 0 Å². The van der Waals surface area contributed by atoms with Gasteiger partial charge < -0.3 is 5.11 Å². The van der Waals surface area contributed by atoms with E-state index in [9.17, 15) is 4.91 Å². The maximum Gasteiger partial charge on any atom is 0.0814 e. The van der Waals surface area contributed by atoms with Crippen molar-refractivity contribution in [1.82, 2.24) is 0 Å². The fourth-order valence-electron chi connectivity index (χ4n) is 0.364. The number of aliphatic hydroxyl groups is 1. The van der Waals surface area contributed by atoms with Crippen molar-refractivity contribution < 1.29 is 5.11 Å². The predicted molar refractivity (Wildman–Crippen MR) is 31.5 cm³/mol. The molecule has 1 atom stereocenters. The third-order valence-electron chi connectivity index (χ3n) is 1.02. The number of hydrogen-bond donors (Lipinski definition) is 1. The minimum absolute atomic E-state index is 0.148. The molecule has 0 saturated carbocycles. The van der Waals surface area contributed by atoms with E-state index in [1.54, 1.807) is 0 Å². The van der Waals surface area contributed by atoms with Gasteiger partial charge in [0.05, 0.1) is 6.54 Å². The molecule has 0 aliphatic carbocycles. The van der Waals surface area contributed by atoms with Crippen LogP contribution in [-0.2, 0) is 0 Å². The average molecular weight is 117 g/mol. The van der Waals surface area contributed by atoms with E-state index < -0.39 is 0 Å². The summed E-state index contributed by atoms with van der Waals surface area (Å²) in [5, 5.41) is 11.1. The Morgan fingerprint density at radius 2 is 2.38 bits per heavy atom. The first kappa shape index (κ1) is 7.56. The zero-order valence-electron chi connectivity index (χ0n) is 5.00. The molecule has 0 aromatic heterocycles. The van der Waals surface area contributed by atoms with Crippen LogP contribution in [0, 0.1) is 10.8 Å². The molecule has 48 valence electrons. The van der Waals surface area contributed by atoms with Crippen molar-refractivity contribution >= 4 is 0 Å². The molecule has 3 heteroatoms. The van der Waals surface area contributed by atoms with Gasteiger partial charge in [0.1, 0.15) is 0 Å². The van der Waals surface area contributed by atoms with E-state index in [-0.39, 0.29) is 12.5 Å². The Morgan fingerprint density at radius 3 is 2.75 bits per heavy atom. The molecular weight excluding hydrogens is 106 g/mol. The highest BCUT2D eigenvalue weighted by molar-refractivity contribution is 4.51. The van der Waals surface area contributed by atoms with E-state index in [0.29, 0.717) is 13.0 Å². The van der Waals surface area contributed by atoms with Gasteiger partial charge in [0.15, 0.2) is 0 Å². The van der Waals surface area contributed by atoms with Crippen molar-refractivity contribution in [3.63, 3.8) is 0 Å². The molecule has 0 aromatic carbocycles. The Kier molecular flexibility index (Phi) is 4.45.